The first-order valence-corrected chi connectivity index (χ1v) is 13.5. The van der Waals surface area contributed by atoms with Crippen LogP contribution in [0, 0.1) is 0 Å². The Morgan fingerprint density at radius 2 is 1.89 bits per heavy atom. The molecule has 0 aliphatic heterocycles. The van der Waals surface area contributed by atoms with Crippen molar-refractivity contribution < 1.29 is 22.7 Å². The van der Waals surface area contributed by atoms with E-state index in [-0.39, 0.29) is 16.4 Å². The summed E-state index contributed by atoms with van der Waals surface area (Å²) in [6.45, 7) is 4.80. The van der Waals surface area contributed by atoms with Crippen molar-refractivity contribution in [1.29, 1.82) is 0 Å². The van der Waals surface area contributed by atoms with E-state index in [1.807, 2.05) is 23.6 Å². The Morgan fingerprint density at radius 3 is 2.51 bits per heavy atom. The van der Waals surface area contributed by atoms with E-state index < -0.39 is 15.9 Å². The standard InChI is InChI=1S/C24H30N4O5S2/c1-5-6-13-27(3)35(31,32)20-10-7-18(8-11-20)23(30)26-24-28(14-15-33-4)21-12-9-19(25-17(2)29)16-22(21)34-24/h7-12,16H,5-6,13-15H2,1-4H3,(H,25,29). The highest BCUT2D eigenvalue weighted by Gasteiger charge is 2.20. The van der Waals surface area contributed by atoms with E-state index in [1.165, 1.54) is 46.8 Å². The smallest absolute Gasteiger partial charge is 0.279 e. The highest BCUT2D eigenvalue weighted by atomic mass is 32.2. The summed E-state index contributed by atoms with van der Waals surface area (Å²) in [6, 6.07) is 11.3. The summed E-state index contributed by atoms with van der Waals surface area (Å²) in [5, 5.41) is 2.76. The Hall–Kier alpha value is -2.86. The van der Waals surface area contributed by atoms with Crippen molar-refractivity contribution in [3.05, 3.63) is 52.8 Å². The maximum absolute atomic E-state index is 12.9. The van der Waals surface area contributed by atoms with Gasteiger partial charge in [0.05, 0.1) is 21.7 Å². The van der Waals surface area contributed by atoms with Crippen LogP contribution in [0.25, 0.3) is 10.2 Å². The Labute approximate surface area is 209 Å². The molecule has 188 valence electrons. The van der Waals surface area contributed by atoms with Crippen LogP contribution in [0.1, 0.15) is 37.0 Å². The molecular formula is C24H30N4O5S2. The lowest BCUT2D eigenvalue weighted by Gasteiger charge is -2.16. The monoisotopic (exact) mass is 518 g/mol. The van der Waals surface area contributed by atoms with E-state index in [0.29, 0.717) is 30.2 Å². The molecular weight excluding hydrogens is 488 g/mol. The van der Waals surface area contributed by atoms with Crippen molar-refractivity contribution >= 4 is 49.1 Å². The van der Waals surface area contributed by atoms with Crippen LogP contribution in [-0.4, -0.2) is 56.4 Å². The van der Waals surface area contributed by atoms with Crippen LogP contribution >= 0.6 is 11.3 Å². The number of methoxy groups -OCH3 is 1. The zero-order valence-electron chi connectivity index (χ0n) is 20.3. The fourth-order valence-corrected chi connectivity index (χ4v) is 5.74. The van der Waals surface area contributed by atoms with Gasteiger partial charge in [0.1, 0.15) is 0 Å². The molecule has 2 amide bonds. The number of anilines is 1. The lowest BCUT2D eigenvalue weighted by atomic mass is 10.2. The predicted molar refractivity (Wildman–Crippen MR) is 137 cm³/mol. The number of amides is 2. The van der Waals surface area contributed by atoms with E-state index >= 15 is 0 Å². The zero-order chi connectivity index (χ0) is 25.6. The van der Waals surface area contributed by atoms with Crippen LogP contribution in [0.15, 0.2) is 52.4 Å². The molecule has 0 fully saturated rings. The number of nitrogens with zero attached hydrogens (tertiary/aromatic N) is 3. The third-order valence-corrected chi connectivity index (χ3v) is 8.27. The van der Waals surface area contributed by atoms with Gasteiger partial charge in [-0.2, -0.15) is 4.99 Å². The first-order valence-electron chi connectivity index (χ1n) is 11.2. The van der Waals surface area contributed by atoms with Crippen LogP contribution in [0.5, 0.6) is 0 Å². The topological polar surface area (TPSA) is 110 Å². The third-order valence-electron chi connectivity index (χ3n) is 5.36. The minimum Gasteiger partial charge on any atom is -0.383 e. The molecule has 35 heavy (non-hydrogen) atoms. The molecule has 0 spiro atoms. The van der Waals surface area contributed by atoms with E-state index in [4.69, 9.17) is 4.74 Å². The number of nitrogens with one attached hydrogen (secondary N) is 1. The fourth-order valence-electron chi connectivity index (χ4n) is 3.44. The molecule has 0 atom stereocenters. The highest BCUT2D eigenvalue weighted by molar-refractivity contribution is 7.89. The molecule has 2 aromatic carbocycles. The van der Waals surface area contributed by atoms with Gasteiger partial charge in [0, 0.05) is 45.4 Å². The maximum Gasteiger partial charge on any atom is 0.279 e. The summed E-state index contributed by atoms with van der Waals surface area (Å²) in [5.74, 6) is -0.650. The van der Waals surface area contributed by atoms with E-state index in [1.54, 1.807) is 20.2 Å². The van der Waals surface area contributed by atoms with Crippen molar-refractivity contribution in [3.8, 4) is 0 Å². The Morgan fingerprint density at radius 1 is 1.17 bits per heavy atom. The number of hydrogen-bond donors (Lipinski definition) is 1. The van der Waals surface area contributed by atoms with Gasteiger partial charge in [-0.15, -0.1) is 0 Å². The number of thiazole rings is 1. The normalized spacial score (nSPS) is 12.4. The van der Waals surface area contributed by atoms with Gasteiger partial charge in [-0.1, -0.05) is 24.7 Å². The lowest BCUT2D eigenvalue weighted by molar-refractivity contribution is -0.114. The molecule has 1 heterocycles. The van der Waals surface area contributed by atoms with Crippen molar-refractivity contribution in [2.24, 2.45) is 4.99 Å². The summed E-state index contributed by atoms with van der Waals surface area (Å²) in [5.41, 5.74) is 1.81. The quantitative estimate of drug-likeness (QED) is 0.442. The van der Waals surface area contributed by atoms with Crippen LogP contribution in [-0.2, 0) is 26.1 Å². The molecule has 0 unspecified atom stereocenters. The average Bonchev–Trinajstić information content (AvgIpc) is 3.16. The number of aromatic nitrogens is 1. The number of benzene rings is 2. The van der Waals surface area contributed by atoms with Gasteiger partial charge in [0.25, 0.3) is 5.91 Å². The highest BCUT2D eigenvalue weighted by Crippen LogP contribution is 2.22. The number of unbranched alkanes of at least 4 members (excludes halogenated alkanes) is 1. The molecule has 0 aliphatic rings. The summed E-state index contributed by atoms with van der Waals surface area (Å²) < 4.78 is 34.7. The third kappa shape index (κ3) is 6.43. The van der Waals surface area contributed by atoms with Crippen LogP contribution in [0.4, 0.5) is 5.69 Å². The molecule has 0 bridgehead atoms. The fraction of sp³-hybridized carbons (Fsp3) is 0.375. The maximum atomic E-state index is 12.9. The molecule has 1 aromatic heterocycles. The number of hydrogen-bond acceptors (Lipinski definition) is 6. The van der Waals surface area contributed by atoms with Gasteiger partial charge in [-0.05, 0) is 48.9 Å². The number of carbonyl (C=O) groups is 2. The minimum atomic E-state index is -3.61. The second-order valence-electron chi connectivity index (χ2n) is 8.01. The lowest BCUT2D eigenvalue weighted by Crippen LogP contribution is -2.27. The van der Waals surface area contributed by atoms with Crippen LogP contribution in [0.2, 0.25) is 0 Å². The van der Waals surface area contributed by atoms with Crippen molar-refractivity contribution in [3.63, 3.8) is 0 Å². The number of sulfonamides is 1. The SMILES string of the molecule is CCCCN(C)S(=O)(=O)c1ccc(C(=O)N=c2sc3cc(NC(C)=O)ccc3n2CCOC)cc1. The van der Waals surface area contributed by atoms with Gasteiger partial charge >= 0.3 is 0 Å². The zero-order valence-corrected chi connectivity index (χ0v) is 21.9. The van der Waals surface area contributed by atoms with Crippen LogP contribution < -0.4 is 10.1 Å². The van der Waals surface area contributed by atoms with E-state index in [2.05, 4.69) is 10.3 Å². The van der Waals surface area contributed by atoms with E-state index in [9.17, 15) is 18.0 Å². The van der Waals surface area contributed by atoms with Gasteiger partial charge in [-0.25, -0.2) is 12.7 Å². The van der Waals surface area contributed by atoms with Crippen molar-refractivity contribution in [2.45, 2.75) is 38.1 Å². The first kappa shape index (κ1) is 26.7. The Kier molecular flexibility index (Phi) is 8.95. The van der Waals surface area contributed by atoms with Gasteiger partial charge < -0.3 is 14.6 Å². The molecule has 11 heteroatoms. The molecule has 0 saturated heterocycles. The summed E-state index contributed by atoms with van der Waals surface area (Å²) in [6.07, 6.45) is 1.67. The second-order valence-corrected chi connectivity index (χ2v) is 11.1. The Bertz CT molecular complexity index is 1380. The van der Waals surface area contributed by atoms with Crippen molar-refractivity contribution in [1.82, 2.24) is 8.87 Å². The summed E-state index contributed by atoms with van der Waals surface area (Å²) in [7, 11) is -0.463. The second kappa shape index (κ2) is 11.7. The van der Waals surface area contributed by atoms with Crippen LogP contribution in [0.3, 0.4) is 0 Å². The van der Waals surface area contributed by atoms with Gasteiger partial charge in [0.2, 0.25) is 15.9 Å². The van der Waals surface area contributed by atoms with Gasteiger partial charge in [0.15, 0.2) is 4.80 Å². The molecule has 9 nitrogen and oxygen atoms in total. The molecule has 1 N–H and O–H groups in total. The summed E-state index contributed by atoms with van der Waals surface area (Å²) in [4.78, 5) is 29.3. The molecule has 3 rings (SSSR count). The largest absolute Gasteiger partial charge is 0.383 e. The molecule has 0 radical (unpaired) electrons. The van der Waals surface area contributed by atoms with Gasteiger partial charge in [-0.3, -0.25) is 9.59 Å². The average molecular weight is 519 g/mol. The molecule has 0 saturated carbocycles. The molecule has 3 aromatic rings. The van der Waals surface area contributed by atoms with E-state index in [0.717, 1.165) is 23.1 Å². The molecule has 0 aliphatic carbocycles. The number of fused-ring (bicyclic) bond motifs is 1. The number of rotatable bonds is 10. The minimum absolute atomic E-state index is 0.134. The van der Waals surface area contributed by atoms with Crippen molar-refractivity contribution in [2.75, 3.05) is 32.6 Å². The first-order chi connectivity index (χ1) is 16.7. The Balaban J connectivity index is 1.94. The predicted octanol–water partition coefficient (Wildman–Crippen LogP) is 3.47. The number of ether oxygens (including phenoxy) is 1. The summed E-state index contributed by atoms with van der Waals surface area (Å²) >= 11 is 1.32. The number of carbonyl (C=O) groups excluding carboxylic acids is 2.